The largest absolute Gasteiger partial charge is 0.383 e. The maximum Gasteiger partial charge on any atom is 0.0964 e. The molecule has 0 saturated carbocycles. The second-order valence-corrected chi connectivity index (χ2v) is 3.93. The maximum atomic E-state index is 4.95. The highest BCUT2D eigenvalue weighted by Crippen LogP contribution is 2.00. The number of nitrogens with zero attached hydrogens (tertiary/aromatic N) is 4. The fourth-order valence-corrected chi connectivity index (χ4v) is 1.56. The minimum absolute atomic E-state index is 0.700. The van der Waals surface area contributed by atoms with Gasteiger partial charge in [0, 0.05) is 32.6 Å². The molecule has 0 saturated heterocycles. The average Bonchev–Trinajstić information content (AvgIpc) is 2.84. The Morgan fingerprint density at radius 1 is 1.33 bits per heavy atom. The molecule has 0 radical (unpaired) electrons. The van der Waals surface area contributed by atoms with Crippen molar-refractivity contribution in [3.8, 4) is 0 Å². The molecule has 0 aromatic carbocycles. The molecule has 96 valence electrons. The quantitative estimate of drug-likeness (QED) is 0.720. The number of aromatic nitrogens is 4. The summed E-state index contributed by atoms with van der Waals surface area (Å²) in [6.45, 7) is 2.94. The Morgan fingerprint density at radius 2 is 2.17 bits per heavy atom. The zero-order valence-electron chi connectivity index (χ0n) is 10.4. The van der Waals surface area contributed by atoms with Crippen LogP contribution in [0.15, 0.2) is 30.7 Å². The van der Waals surface area contributed by atoms with Crippen molar-refractivity contribution in [1.82, 2.24) is 25.3 Å². The summed E-state index contributed by atoms with van der Waals surface area (Å²) in [4.78, 5) is 3.98. The van der Waals surface area contributed by atoms with Crippen LogP contribution in [-0.4, -0.2) is 40.2 Å². The first-order chi connectivity index (χ1) is 8.88. The number of hydrogen-bond donors (Lipinski definition) is 1. The van der Waals surface area contributed by atoms with Crippen LogP contribution >= 0.6 is 0 Å². The van der Waals surface area contributed by atoms with Crippen LogP contribution in [0.2, 0.25) is 0 Å². The Morgan fingerprint density at radius 3 is 2.94 bits per heavy atom. The Bertz CT molecular complexity index is 457. The van der Waals surface area contributed by atoms with Crippen molar-refractivity contribution in [2.75, 3.05) is 20.3 Å². The lowest BCUT2D eigenvalue weighted by Gasteiger charge is -2.00. The molecule has 6 heteroatoms. The van der Waals surface area contributed by atoms with Gasteiger partial charge in [-0.15, -0.1) is 5.10 Å². The van der Waals surface area contributed by atoms with Crippen molar-refractivity contribution in [3.63, 3.8) is 0 Å². The summed E-state index contributed by atoms with van der Waals surface area (Å²) in [5, 5.41) is 11.4. The molecule has 0 bridgehead atoms. The average molecular weight is 247 g/mol. The van der Waals surface area contributed by atoms with E-state index >= 15 is 0 Å². The first-order valence-electron chi connectivity index (χ1n) is 5.86. The molecular formula is C12H17N5O. The van der Waals surface area contributed by atoms with E-state index in [1.54, 1.807) is 19.5 Å². The normalized spacial score (nSPS) is 10.7. The third kappa shape index (κ3) is 3.90. The van der Waals surface area contributed by atoms with Crippen LogP contribution < -0.4 is 5.32 Å². The zero-order chi connectivity index (χ0) is 12.6. The van der Waals surface area contributed by atoms with Crippen molar-refractivity contribution >= 4 is 0 Å². The van der Waals surface area contributed by atoms with Crippen molar-refractivity contribution in [1.29, 1.82) is 0 Å². The van der Waals surface area contributed by atoms with E-state index in [0.29, 0.717) is 19.7 Å². The van der Waals surface area contributed by atoms with Gasteiger partial charge in [0.25, 0.3) is 0 Å². The van der Waals surface area contributed by atoms with Gasteiger partial charge in [0.05, 0.1) is 25.0 Å². The van der Waals surface area contributed by atoms with Gasteiger partial charge >= 0.3 is 0 Å². The lowest BCUT2D eigenvalue weighted by atomic mass is 10.3. The molecule has 0 aliphatic rings. The van der Waals surface area contributed by atoms with E-state index in [-0.39, 0.29) is 0 Å². The first-order valence-corrected chi connectivity index (χ1v) is 5.86. The number of pyridine rings is 1. The number of rotatable bonds is 7. The van der Waals surface area contributed by atoms with Crippen molar-refractivity contribution < 1.29 is 4.74 Å². The van der Waals surface area contributed by atoms with Crippen molar-refractivity contribution in [3.05, 3.63) is 42.0 Å². The van der Waals surface area contributed by atoms with Crippen LogP contribution in [0.5, 0.6) is 0 Å². The van der Waals surface area contributed by atoms with Crippen molar-refractivity contribution in [2.24, 2.45) is 0 Å². The van der Waals surface area contributed by atoms with Gasteiger partial charge in [-0.2, -0.15) is 0 Å². The SMILES string of the molecule is COCCNCc1cn(Cc2ccncc2)nn1. The molecule has 2 heterocycles. The van der Waals surface area contributed by atoms with Crippen LogP contribution in [0.3, 0.4) is 0 Å². The van der Waals surface area contributed by atoms with Crippen LogP contribution in [0.25, 0.3) is 0 Å². The van der Waals surface area contributed by atoms with Gasteiger partial charge in [-0.1, -0.05) is 5.21 Å². The number of methoxy groups -OCH3 is 1. The minimum Gasteiger partial charge on any atom is -0.383 e. The molecule has 0 spiro atoms. The summed E-state index contributed by atoms with van der Waals surface area (Å²) in [6, 6.07) is 3.94. The second kappa shape index (κ2) is 6.83. The minimum atomic E-state index is 0.700. The second-order valence-electron chi connectivity index (χ2n) is 3.93. The first kappa shape index (κ1) is 12.7. The number of ether oxygens (including phenoxy) is 1. The fourth-order valence-electron chi connectivity index (χ4n) is 1.56. The van der Waals surface area contributed by atoms with Gasteiger partial charge < -0.3 is 10.1 Å². The molecule has 0 unspecified atom stereocenters. The molecule has 2 rings (SSSR count). The summed E-state index contributed by atoms with van der Waals surface area (Å²) in [6.07, 6.45) is 5.50. The van der Waals surface area contributed by atoms with E-state index in [2.05, 4.69) is 20.6 Å². The maximum absolute atomic E-state index is 4.95. The van der Waals surface area contributed by atoms with E-state index in [9.17, 15) is 0 Å². The van der Waals surface area contributed by atoms with E-state index in [0.717, 1.165) is 17.8 Å². The Kier molecular flexibility index (Phi) is 4.80. The lowest BCUT2D eigenvalue weighted by Crippen LogP contribution is -2.18. The molecule has 2 aromatic heterocycles. The lowest BCUT2D eigenvalue weighted by molar-refractivity contribution is 0.199. The van der Waals surface area contributed by atoms with Crippen LogP contribution in [-0.2, 0) is 17.8 Å². The monoisotopic (exact) mass is 247 g/mol. The van der Waals surface area contributed by atoms with Gasteiger partial charge in [-0.25, -0.2) is 4.68 Å². The van der Waals surface area contributed by atoms with Gasteiger partial charge in [0.1, 0.15) is 0 Å². The van der Waals surface area contributed by atoms with E-state index < -0.39 is 0 Å². The highest BCUT2D eigenvalue weighted by atomic mass is 16.5. The molecule has 6 nitrogen and oxygen atoms in total. The molecule has 0 atom stereocenters. The number of hydrogen-bond acceptors (Lipinski definition) is 5. The molecule has 2 aromatic rings. The van der Waals surface area contributed by atoms with Gasteiger partial charge in [-0.05, 0) is 17.7 Å². The van der Waals surface area contributed by atoms with E-state index in [1.807, 2.05) is 23.0 Å². The third-order valence-corrected chi connectivity index (χ3v) is 2.47. The molecule has 18 heavy (non-hydrogen) atoms. The van der Waals surface area contributed by atoms with Gasteiger partial charge in [0.2, 0.25) is 0 Å². The molecule has 0 aliphatic heterocycles. The Hall–Kier alpha value is -1.79. The highest BCUT2D eigenvalue weighted by Gasteiger charge is 2.01. The highest BCUT2D eigenvalue weighted by molar-refractivity contribution is 5.10. The zero-order valence-corrected chi connectivity index (χ0v) is 10.4. The van der Waals surface area contributed by atoms with E-state index in [1.165, 1.54) is 0 Å². The summed E-state index contributed by atoms with van der Waals surface area (Å²) in [5.74, 6) is 0. The summed E-state index contributed by atoms with van der Waals surface area (Å²) in [5.41, 5.74) is 2.09. The van der Waals surface area contributed by atoms with Crippen LogP contribution in [0, 0.1) is 0 Å². The van der Waals surface area contributed by atoms with E-state index in [4.69, 9.17) is 4.74 Å². The van der Waals surface area contributed by atoms with Gasteiger partial charge in [-0.3, -0.25) is 4.98 Å². The third-order valence-electron chi connectivity index (χ3n) is 2.47. The predicted molar refractivity (Wildman–Crippen MR) is 66.9 cm³/mol. The predicted octanol–water partition coefficient (Wildman–Crippen LogP) is 0.457. The molecule has 0 aliphatic carbocycles. The van der Waals surface area contributed by atoms with Crippen LogP contribution in [0.1, 0.15) is 11.3 Å². The number of nitrogens with one attached hydrogen (secondary N) is 1. The Balaban J connectivity index is 1.83. The summed E-state index contributed by atoms with van der Waals surface area (Å²) >= 11 is 0. The Labute approximate surface area is 106 Å². The smallest absolute Gasteiger partial charge is 0.0964 e. The van der Waals surface area contributed by atoms with Crippen LogP contribution in [0.4, 0.5) is 0 Å². The summed E-state index contributed by atoms with van der Waals surface area (Å²) in [7, 11) is 1.69. The molecule has 1 N–H and O–H groups in total. The standard InChI is InChI=1S/C12H17N5O/c1-18-7-6-14-8-12-10-17(16-15-12)9-11-2-4-13-5-3-11/h2-5,10,14H,6-9H2,1H3. The van der Waals surface area contributed by atoms with Crippen molar-refractivity contribution in [2.45, 2.75) is 13.1 Å². The summed E-state index contributed by atoms with van der Waals surface area (Å²) < 4.78 is 6.78. The molecule has 0 amide bonds. The topological polar surface area (TPSA) is 64.9 Å². The van der Waals surface area contributed by atoms with Gasteiger partial charge in [0.15, 0.2) is 0 Å². The fraction of sp³-hybridized carbons (Fsp3) is 0.417. The molecular weight excluding hydrogens is 230 g/mol. The molecule has 0 fully saturated rings.